The van der Waals surface area contributed by atoms with Gasteiger partial charge in [0.05, 0.1) is 23.2 Å². The molecule has 0 spiro atoms. The molecule has 1 aliphatic carbocycles. The van der Waals surface area contributed by atoms with Crippen molar-refractivity contribution < 1.29 is 23.1 Å². The minimum Gasteiger partial charge on any atom is -0.389 e. The number of benzene rings is 1. The molecule has 1 aliphatic rings. The maximum absolute atomic E-state index is 13.5. The number of halogens is 5. The third kappa shape index (κ3) is 7.06. The molecule has 200 valence electrons. The van der Waals surface area contributed by atoms with E-state index in [0.717, 1.165) is 31.7 Å². The van der Waals surface area contributed by atoms with Gasteiger partial charge in [0.25, 0.3) is 5.91 Å². The first-order valence-corrected chi connectivity index (χ1v) is 12.7. The molecule has 1 fully saturated rings. The molecule has 1 amide bonds. The van der Waals surface area contributed by atoms with Crippen LogP contribution in [0.1, 0.15) is 62.0 Å². The van der Waals surface area contributed by atoms with Crippen molar-refractivity contribution in [3.05, 3.63) is 51.9 Å². The summed E-state index contributed by atoms with van der Waals surface area (Å²) in [6.07, 6.45) is 0.549. The first kappa shape index (κ1) is 27.5. The Morgan fingerprint density at radius 1 is 1.16 bits per heavy atom. The van der Waals surface area contributed by atoms with Gasteiger partial charge in [-0.05, 0) is 57.4 Å². The lowest BCUT2D eigenvalue weighted by Gasteiger charge is -2.24. The summed E-state index contributed by atoms with van der Waals surface area (Å²) in [5.41, 5.74) is -1.33. The molecule has 12 heteroatoms. The van der Waals surface area contributed by atoms with Crippen molar-refractivity contribution in [1.82, 2.24) is 20.1 Å². The number of hydrogen-bond donors (Lipinski definition) is 3. The Bertz CT molecular complexity index is 1290. The van der Waals surface area contributed by atoms with Crippen LogP contribution in [0, 0.1) is 0 Å². The van der Waals surface area contributed by atoms with E-state index in [1.54, 1.807) is 19.9 Å². The summed E-state index contributed by atoms with van der Waals surface area (Å²) >= 11 is 12.3. The van der Waals surface area contributed by atoms with Gasteiger partial charge in [-0.1, -0.05) is 36.0 Å². The van der Waals surface area contributed by atoms with Gasteiger partial charge < -0.3 is 15.7 Å². The number of alkyl halides is 3. The maximum Gasteiger partial charge on any atom is 0.433 e. The summed E-state index contributed by atoms with van der Waals surface area (Å²) in [7, 11) is 0. The molecule has 3 aromatic rings. The van der Waals surface area contributed by atoms with Crippen LogP contribution in [-0.4, -0.2) is 43.5 Å². The molecule has 0 saturated heterocycles. The fraction of sp³-hybridized carbons (Fsp3) is 0.480. The van der Waals surface area contributed by atoms with Gasteiger partial charge in [0.15, 0.2) is 5.15 Å². The Morgan fingerprint density at radius 2 is 1.86 bits per heavy atom. The number of aliphatic hydroxyl groups is 1. The van der Waals surface area contributed by atoms with E-state index < -0.39 is 23.4 Å². The molecule has 0 unspecified atom stereocenters. The Kier molecular flexibility index (Phi) is 7.92. The molecular formula is C25H28Cl2F3N5O2. The van der Waals surface area contributed by atoms with Gasteiger partial charge >= 0.3 is 6.18 Å². The van der Waals surface area contributed by atoms with E-state index in [1.165, 1.54) is 23.0 Å². The van der Waals surface area contributed by atoms with Crippen molar-refractivity contribution in [2.75, 3.05) is 5.32 Å². The molecule has 0 radical (unpaired) electrons. The van der Waals surface area contributed by atoms with Crippen molar-refractivity contribution >= 4 is 45.7 Å². The molecule has 37 heavy (non-hydrogen) atoms. The van der Waals surface area contributed by atoms with Crippen LogP contribution < -0.4 is 10.6 Å². The third-order valence-corrected chi connectivity index (χ3v) is 6.70. The third-order valence-electron chi connectivity index (χ3n) is 6.19. The second kappa shape index (κ2) is 10.7. The summed E-state index contributed by atoms with van der Waals surface area (Å²) in [6, 6.07) is 5.17. The average molecular weight is 558 g/mol. The Hall–Kier alpha value is -2.56. The highest BCUT2D eigenvalue weighted by atomic mass is 35.5. The molecule has 0 aliphatic heterocycles. The molecule has 4 rings (SSSR count). The standard InChI is InChI=1S/C25H28Cl2F3N5O2/c1-24(2,37)13-35-12-18(22(27)34-35)23(36)32-16-6-4-3-5-15(10-16)31-20-11-21(25(28,29)30)33-19-8-7-14(26)9-17(19)20/h7-9,11-12,15-16,37H,3-6,10,13H2,1-2H3,(H,31,33)(H,32,36)/t15-,16-/m0/s1. The first-order valence-electron chi connectivity index (χ1n) is 12.0. The summed E-state index contributed by atoms with van der Waals surface area (Å²) in [4.78, 5) is 16.7. The molecule has 3 N–H and O–H groups in total. The predicted octanol–water partition coefficient (Wildman–Crippen LogP) is 6.07. The van der Waals surface area contributed by atoms with E-state index in [4.69, 9.17) is 23.2 Å². The van der Waals surface area contributed by atoms with Gasteiger partial charge in [-0.15, -0.1) is 0 Å². The van der Waals surface area contributed by atoms with E-state index in [0.29, 0.717) is 22.5 Å². The van der Waals surface area contributed by atoms with Crippen molar-refractivity contribution in [1.29, 1.82) is 0 Å². The second-order valence-electron chi connectivity index (χ2n) is 10.1. The zero-order chi connectivity index (χ0) is 27.0. The van der Waals surface area contributed by atoms with Gasteiger partial charge in [-0.25, -0.2) is 4.98 Å². The molecular weight excluding hydrogens is 530 g/mol. The van der Waals surface area contributed by atoms with Crippen molar-refractivity contribution in [2.24, 2.45) is 0 Å². The van der Waals surface area contributed by atoms with Gasteiger partial charge in [0, 0.05) is 34.4 Å². The second-order valence-corrected chi connectivity index (χ2v) is 10.9. The summed E-state index contributed by atoms with van der Waals surface area (Å²) in [5, 5.41) is 21.3. The van der Waals surface area contributed by atoms with Crippen molar-refractivity contribution in [3.63, 3.8) is 0 Å². The molecule has 1 saturated carbocycles. The van der Waals surface area contributed by atoms with Crippen LogP contribution in [0.3, 0.4) is 0 Å². The number of nitrogens with one attached hydrogen (secondary N) is 2. The Morgan fingerprint density at radius 3 is 2.54 bits per heavy atom. The number of hydrogen-bond acceptors (Lipinski definition) is 5. The summed E-state index contributed by atoms with van der Waals surface area (Å²) in [5.74, 6) is -0.391. The number of pyridine rings is 1. The van der Waals surface area contributed by atoms with E-state index in [-0.39, 0.29) is 34.9 Å². The number of amides is 1. The normalized spacial score (nSPS) is 19.0. The van der Waals surface area contributed by atoms with E-state index in [2.05, 4.69) is 20.7 Å². The highest BCUT2D eigenvalue weighted by Crippen LogP contribution is 2.35. The highest BCUT2D eigenvalue weighted by molar-refractivity contribution is 6.32. The van der Waals surface area contributed by atoms with E-state index in [9.17, 15) is 23.1 Å². The highest BCUT2D eigenvalue weighted by Gasteiger charge is 2.34. The number of rotatable bonds is 6. The molecule has 7 nitrogen and oxygen atoms in total. The minimum absolute atomic E-state index is 0.0323. The molecule has 2 aromatic heterocycles. The topological polar surface area (TPSA) is 92.1 Å². The van der Waals surface area contributed by atoms with Gasteiger partial charge in [0.1, 0.15) is 5.69 Å². The number of fused-ring (bicyclic) bond motifs is 1. The van der Waals surface area contributed by atoms with Crippen LogP contribution in [0.25, 0.3) is 10.9 Å². The zero-order valence-corrected chi connectivity index (χ0v) is 21.9. The molecule has 1 aromatic carbocycles. The summed E-state index contributed by atoms with van der Waals surface area (Å²) in [6.45, 7) is 3.41. The van der Waals surface area contributed by atoms with Crippen LogP contribution in [0.5, 0.6) is 0 Å². The van der Waals surface area contributed by atoms with Crippen LogP contribution in [0.15, 0.2) is 30.5 Å². The number of aromatic nitrogens is 3. The smallest absolute Gasteiger partial charge is 0.389 e. The van der Waals surface area contributed by atoms with Crippen LogP contribution in [0.2, 0.25) is 10.2 Å². The minimum atomic E-state index is -4.60. The molecule has 0 bridgehead atoms. The lowest BCUT2D eigenvalue weighted by Crippen LogP contribution is -2.38. The summed E-state index contributed by atoms with van der Waals surface area (Å²) < 4.78 is 42.0. The van der Waals surface area contributed by atoms with Gasteiger partial charge in [-0.3, -0.25) is 9.48 Å². The van der Waals surface area contributed by atoms with Crippen LogP contribution >= 0.6 is 23.2 Å². The average Bonchev–Trinajstić information content (AvgIpc) is 2.99. The number of carbonyl (C=O) groups excluding carboxylic acids is 1. The molecule has 2 heterocycles. The van der Waals surface area contributed by atoms with E-state index >= 15 is 0 Å². The zero-order valence-electron chi connectivity index (χ0n) is 20.4. The van der Waals surface area contributed by atoms with Crippen LogP contribution in [-0.2, 0) is 12.7 Å². The lowest BCUT2D eigenvalue weighted by atomic mass is 10.0. The van der Waals surface area contributed by atoms with Gasteiger partial charge in [0.2, 0.25) is 0 Å². The Labute approximate surface area is 222 Å². The van der Waals surface area contributed by atoms with Crippen LogP contribution in [0.4, 0.5) is 18.9 Å². The number of anilines is 1. The SMILES string of the molecule is CC(C)(O)Cn1cc(C(=O)N[C@H]2CCCC[C@H](Nc3cc(C(F)(F)F)nc4ccc(Cl)cc34)C2)c(Cl)n1. The Balaban J connectivity index is 1.52. The fourth-order valence-corrected chi connectivity index (χ4v) is 5.00. The van der Waals surface area contributed by atoms with Crippen molar-refractivity contribution in [2.45, 2.75) is 76.4 Å². The monoisotopic (exact) mass is 557 g/mol. The molecule has 2 atom stereocenters. The largest absolute Gasteiger partial charge is 0.433 e. The van der Waals surface area contributed by atoms with Gasteiger partial charge in [-0.2, -0.15) is 18.3 Å². The lowest BCUT2D eigenvalue weighted by molar-refractivity contribution is -0.140. The fourth-order valence-electron chi connectivity index (χ4n) is 4.60. The predicted molar refractivity (Wildman–Crippen MR) is 137 cm³/mol. The number of nitrogens with zero attached hydrogens (tertiary/aromatic N) is 3. The quantitative estimate of drug-likeness (QED) is 0.320. The van der Waals surface area contributed by atoms with E-state index in [1.807, 2.05) is 0 Å². The van der Waals surface area contributed by atoms with Crippen molar-refractivity contribution in [3.8, 4) is 0 Å². The number of carbonyl (C=O) groups is 1. The maximum atomic E-state index is 13.5. The first-order chi connectivity index (χ1) is 17.3.